The first-order chi connectivity index (χ1) is 14.8. The lowest BCUT2D eigenvalue weighted by molar-refractivity contribution is -0.139. The molecule has 1 aromatic carbocycles. The summed E-state index contributed by atoms with van der Waals surface area (Å²) in [4.78, 5) is 33.6. The van der Waals surface area contributed by atoms with Crippen LogP contribution in [0, 0.1) is 0 Å². The normalized spacial score (nSPS) is 20.7. The molecular weight excluding hydrogens is 392 g/mol. The largest absolute Gasteiger partial charge is 0.490 e. The fraction of sp³-hybridized carbons (Fsp3) is 0.667. The molecule has 2 aliphatic heterocycles. The number of hydrogen-bond acceptors (Lipinski definition) is 5. The lowest BCUT2D eigenvalue weighted by Gasteiger charge is -2.38. The number of benzene rings is 1. The highest BCUT2D eigenvalue weighted by molar-refractivity contribution is 5.94. The quantitative estimate of drug-likeness (QED) is 0.664. The maximum absolute atomic E-state index is 12.9. The van der Waals surface area contributed by atoms with Crippen molar-refractivity contribution < 1.29 is 14.3 Å². The van der Waals surface area contributed by atoms with Gasteiger partial charge in [0.25, 0.3) is 5.91 Å². The average Bonchev–Trinajstić information content (AvgIpc) is 2.77. The number of carbonyl (C=O) groups is 2. The molecule has 0 saturated carbocycles. The van der Waals surface area contributed by atoms with Gasteiger partial charge in [0.2, 0.25) is 5.91 Å². The first-order valence-electron chi connectivity index (χ1n) is 11.5. The minimum absolute atomic E-state index is 0.00400. The van der Waals surface area contributed by atoms with Crippen LogP contribution in [0.2, 0.25) is 0 Å². The highest BCUT2D eigenvalue weighted by Gasteiger charge is 2.32. The zero-order chi connectivity index (χ0) is 22.4. The monoisotopic (exact) mass is 430 g/mol. The Balaban J connectivity index is 1.51. The molecule has 2 aliphatic rings. The van der Waals surface area contributed by atoms with Crippen molar-refractivity contribution >= 4 is 11.8 Å². The van der Waals surface area contributed by atoms with Gasteiger partial charge in [0.15, 0.2) is 0 Å². The van der Waals surface area contributed by atoms with Crippen molar-refractivity contribution in [1.29, 1.82) is 0 Å². The number of amides is 2. The van der Waals surface area contributed by atoms with E-state index in [0.29, 0.717) is 12.1 Å². The Bertz CT molecular complexity index is 746. The summed E-state index contributed by atoms with van der Waals surface area (Å²) in [6, 6.07) is 7.50. The first kappa shape index (κ1) is 23.5. The van der Waals surface area contributed by atoms with Gasteiger partial charge in [-0.05, 0) is 58.7 Å². The Morgan fingerprint density at radius 1 is 1.03 bits per heavy atom. The zero-order valence-electron chi connectivity index (χ0n) is 19.5. The Hall–Kier alpha value is -2.12. The van der Waals surface area contributed by atoms with Gasteiger partial charge in [0, 0.05) is 51.6 Å². The van der Waals surface area contributed by atoms with Crippen molar-refractivity contribution in [3.8, 4) is 5.75 Å². The number of rotatable bonds is 7. The van der Waals surface area contributed by atoms with Crippen molar-refractivity contribution in [3.05, 3.63) is 29.8 Å². The fourth-order valence-electron chi connectivity index (χ4n) is 4.36. The molecule has 2 fully saturated rings. The Labute approximate surface area is 186 Å². The Morgan fingerprint density at radius 2 is 1.77 bits per heavy atom. The van der Waals surface area contributed by atoms with Gasteiger partial charge in [-0.1, -0.05) is 12.5 Å². The molecule has 3 rings (SSSR count). The summed E-state index contributed by atoms with van der Waals surface area (Å²) in [7, 11) is 7.89. The number of nitrogens with zero attached hydrogens (tertiary/aromatic N) is 4. The van der Waals surface area contributed by atoms with Crippen LogP contribution >= 0.6 is 0 Å². The van der Waals surface area contributed by atoms with E-state index in [-0.39, 0.29) is 24.0 Å². The van der Waals surface area contributed by atoms with Crippen LogP contribution in [0.4, 0.5) is 0 Å². The van der Waals surface area contributed by atoms with Gasteiger partial charge in [0.05, 0.1) is 6.04 Å². The van der Waals surface area contributed by atoms with Crippen molar-refractivity contribution in [2.45, 2.75) is 44.2 Å². The van der Waals surface area contributed by atoms with E-state index in [9.17, 15) is 9.59 Å². The fourth-order valence-corrected chi connectivity index (χ4v) is 4.36. The maximum Gasteiger partial charge on any atom is 0.253 e. The summed E-state index contributed by atoms with van der Waals surface area (Å²) in [6.07, 6.45) is 5.01. The molecule has 0 radical (unpaired) electrons. The third-order valence-electron chi connectivity index (χ3n) is 6.42. The molecule has 7 heteroatoms. The zero-order valence-corrected chi connectivity index (χ0v) is 19.5. The third kappa shape index (κ3) is 6.43. The predicted octanol–water partition coefficient (Wildman–Crippen LogP) is 2.17. The second kappa shape index (κ2) is 11.0. The van der Waals surface area contributed by atoms with Crippen LogP contribution in [0.1, 0.15) is 42.5 Å². The van der Waals surface area contributed by atoms with E-state index in [4.69, 9.17) is 4.74 Å². The van der Waals surface area contributed by atoms with Crippen LogP contribution in [0.5, 0.6) is 5.75 Å². The molecule has 0 aliphatic carbocycles. The van der Waals surface area contributed by atoms with Gasteiger partial charge in [-0.3, -0.25) is 14.5 Å². The standard InChI is InChI=1S/C24H38N4O3/c1-25(2)16-17-27(4)23(29)19-8-7-9-21(18-19)31-20-11-14-28(15-12-20)24(30)22-10-5-6-13-26(22)3/h7-9,18,20,22H,5-6,10-17H2,1-4H3. The van der Waals surface area contributed by atoms with Crippen LogP contribution < -0.4 is 4.74 Å². The second-order valence-electron chi connectivity index (χ2n) is 9.19. The molecule has 7 nitrogen and oxygen atoms in total. The number of ether oxygens (including phenoxy) is 1. The molecular formula is C24H38N4O3. The smallest absolute Gasteiger partial charge is 0.253 e. The summed E-state index contributed by atoms with van der Waals surface area (Å²) < 4.78 is 6.19. The molecule has 2 saturated heterocycles. The van der Waals surface area contributed by atoms with E-state index in [1.807, 2.05) is 50.3 Å². The van der Waals surface area contributed by atoms with Gasteiger partial charge in [0.1, 0.15) is 11.9 Å². The van der Waals surface area contributed by atoms with Gasteiger partial charge in [-0.15, -0.1) is 0 Å². The first-order valence-corrected chi connectivity index (χ1v) is 11.5. The summed E-state index contributed by atoms with van der Waals surface area (Å²) in [5.41, 5.74) is 0.645. The average molecular weight is 431 g/mol. The van der Waals surface area contributed by atoms with E-state index in [1.165, 1.54) is 6.42 Å². The summed E-state index contributed by atoms with van der Waals surface area (Å²) in [6.45, 7) is 3.99. The van der Waals surface area contributed by atoms with Crippen molar-refractivity contribution in [1.82, 2.24) is 19.6 Å². The second-order valence-corrected chi connectivity index (χ2v) is 9.19. The molecule has 1 unspecified atom stereocenters. The van der Waals surface area contributed by atoms with Crippen LogP contribution in [0.15, 0.2) is 24.3 Å². The molecule has 0 spiro atoms. The SMILES string of the molecule is CN(C)CCN(C)C(=O)c1cccc(OC2CCN(C(=O)C3CCCCN3C)CC2)c1. The lowest BCUT2D eigenvalue weighted by Crippen LogP contribution is -2.52. The summed E-state index contributed by atoms with van der Waals surface area (Å²) in [5, 5.41) is 0. The highest BCUT2D eigenvalue weighted by Crippen LogP contribution is 2.23. The maximum atomic E-state index is 12.9. The molecule has 1 aromatic rings. The molecule has 31 heavy (non-hydrogen) atoms. The van der Waals surface area contributed by atoms with Crippen molar-refractivity contribution in [3.63, 3.8) is 0 Å². The van der Waals surface area contributed by atoms with E-state index >= 15 is 0 Å². The number of piperidine rings is 2. The molecule has 0 bridgehead atoms. The van der Waals surface area contributed by atoms with Crippen molar-refractivity contribution in [2.75, 3.05) is 60.9 Å². The van der Waals surface area contributed by atoms with Crippen LogP contribution in [0.25, 0.3) is 0 Å². The number of hydrogen-bond donors (Lipinski definition) is 0. The molecule has 2 amide bonds. The van der Waals surface area contributed by atoms with E-state index in [1.54, 1.807) is 4.90 Å². The Kier molecular flexibility index (Phi) is 8.32. The van der Waals surface area contributed by atoms with Gasteiger partial charge in [-0.2, -0.15) is 0 Å². The minimum atomic E-state index is 0.00400. The highest BCUT2D eigenvalue weighted by atomic mass is 16.5. The van der Waals surface area contributed by atoms with Gasteiger partial charge in [-0.25, -0.2) is 0 Å². The number of likely N-dealkylation sites (N-methyl/N-ethyl adjacent to an activating group) is 3. The van der Waals surface area contributed by atoms with E-state index in [0.717, 1.165) is 57.6 Å². The van der Waals surface area contributed by atoms with Gasteiger partial charge < -0.3 is 19.4 Å². The minimum Gasteiger partial charge on any atom is -0.490 e. The van der Waals surface area contributed by atoms with Crippen LogP contribution in [-0.2, 0) is 4.79 Å². The summed E-state index contributed by atoms with van der Waals surface area (Å²) in [5.74, 6) is 1.00. The van der Waals surface area contributed by atoms with E-state index in [2.05, 4.69) is 16.8 Å². The molecule has 1 atom stereocenters. The Morgan fingerprint density at radius 3 is 2.45 bits per heavy atom. The number of carbonyl (C=O) groups excluding carboxylic acids is 2. The van der Waals surface area contributed by atoms with E-state index < -0.39 is 0 Å². The van der Waals surface area contributed by atoms with Crippen molar-refractivity contribution in [2.24, 2.45) is 0 Å². The lowest BCUT2D eigenvalue weighted by atomic mass is 10.00. The topological polar surface area (TPSA) is 56.3 Å². The molecule has 2 heterocycles. The molecule has 0 N–H and O–H groups in total. The van der Waals surface area contributed by atoms with Crippen LogP contribution in [0.3, 0.4) is 0 Å². The predicted molar refractivity (Wildman–Crippen MR) is 122 cm³/mol. The molecule has 0 aromatic heterocycles. The van der Waals surface area contributed by atoms with Crippen LogP contribution in [-0.4, -0.2) is 104 Å². The van der Waals surface area contributed by atoms with Gasteiger partial charge >= 0.3 is 0 Å². The molecule has 172 valence electrons. The third-order valence-corrected chi connectivity index (χ3v) is 6.42. The summed E-state index contributed by atoms with van der Waals surface area (Å²) >= 11 is 0. The number of likely N-dealkylation sites (tertiary alicyclic amines) is 2.